The molecule has 2 N–H and O–H groups in total. The maximum Gasteiger partial charge on any atom is 0.339 e. The number of hydrogen-bond donors (Lipinski definition) is 2. The van der Waals surface area contributed by atoms with Crippen molar-refractivity contribution in [1.82, 2.24) is 10.6 Å². The van der Waals surface area contributed by atoms with Gasteiger partial charge in [0.05, 0.1) is 6.61 Å². The molecule has 0 bridgehead atoms. The first-order valence-corrected chi connectivity index (χ1v) is 10.3. The molecule has 1 aliphatic heterocycles. The van der Waals surface area contributed by atoms with Crippen molar-refractivity contribution < 1.29 is 31.7 Å². The molecular weight excluding hydrogens is 412 g/mol. The Kier molecular flexibility index (Phi) is 5.88. The van der Waals surface area contributed by atoms with Crippen molar-refractivity contribution in [3.05, 3.63) is 59.2 Å². The monoisotopic (exact) mass is 430 g/mol. The van der Waals surface area contributed by atoms with Gasteiger partial charge in [-0.15, -0.1) is 0 Å². The lowest BCUT2D eigenvalue weighted by atomic mass is 10.1. The van der Waals surface area contributed by atoms with Gasteiger partial charge in [0.2, 0.25) is 0 Å². The van der Waals surface area contributed by atoms with E-state index < -0.39 is 28.0 Å². The lowest BCUT2D eigenvalue weighted by Gasteiger charge is -2.15. The fourth-order valence-electron chi connectivity index (χ4n) is 2.60. The highest BCUT2D eigenvalue weighted by atomic mass is 32.2. The van der Waals surface area contributed by atoms with Crippen LogP contribution in [0.25, 0.3) is 6.08 Å². The zero-order valence-electron chi connectivity index (χ0n) is 16.1. The van der Waals surface area contributed by atoms with Crippen LogP contribution in [0.2, 0.25) is 0 Å². The Bertz CT molecular complexity index is 1130. The number of urea groups is 1. The number of carbonyl (C=O) groups excluding carboxylic acids is 3. The second-order valence-electron chi connectivity index (χ2n) is 6.29. The van der Waals surface area contributed by atoms with Gasteiger partial charge < -0.3 is 8.92 Å². The van der Waals surface area contributed by atoms with Gasteiger partial charge in [-0.25, -0.2) is 4.79 Å². The first kappa shape index (κ1) is 21.1. The van der Waals surface area contributed by atoms with E-state index in [-0.39, 0.29) is 28.6 Å². The van der Waals surface area contributed by atoms with Crippen molar-refractivity contribution in [3.63, 3.8) is 0 Å². The number of benzene rings is 2. The quantitative estimate of drug-likeness (QED) is 0.407. The molecule has 0 spiro atoms. The molecule has 4 amide bonds. The lowest BCUT2D eigenvalue weighted by molar-refractivity contribution is -0.123. The van der Waals surface area contributed by atoms with Crippen molar-refractivity contribution in [3.8, 4) is 11.5 Å². The zero-order valence-corrected chi connectivity index (χ0v) is 16.9. The van der Waals surface area contributed by atoms with Crippen LogP contribution in [0.3, 0.4) is 0 Å². The Balaban J connectivity index is 1.93. The summed E-state index contributed by atoms with van der Waals surface area (Å²) in [5.41, 5.74) is 0.991. The van der Waals surface area contributed by atoms with Gasteiger partial charge in [-0.3, -0.25) is 20.2 Å². The topological polar surface area (TPSA) is 128 Å². The van der Waals surface area contributed by atoms with E-state index in [1.54, 1.807) is 19.1 Å². The number of ether oxygens (including phenoxy) is 1. The van der Waals surface area contributed by atoms with Gasteiger partial charge in [-0.05, 0) is 49.8 Å². The van der Waals surface area contributed by atoms with E-state index in [0.717, 1.165) is 5.56 Å². The third kappa shape index (κ3) is 4.66. The fraction of sp³-hybridized carbons (Fsp3) is 0.150. The normalized spacial score (nSPS) is 14.1. The third-order valence-electron chi connectivity index (χ3n) is 4.03. The van der Waals surface area contributed by atoms with Gasteiger partial charge in [-0.2, -0.15) is 8.42 Å². The molecule has 30 heavy (non-hydrogen) atoms. The zero-order chi connectivity index (χ0) is 21.9. The van der Waals surface area contributed by atoms with Crippen molar-refractivity contribution in [2.75, 3.05) is 6.61 Å². The van der Waals surface area contributed by atoms with E-state index in [4.69, 9.17) is 8.92 Å². The summed E-state index contributed by atoms with van der Waals surface area (Å²) in [6.45, 7) is 3.76. The van der Waals surface area contributed by atoms with E-state index in [2.05, 4.69) is 0 Å². The van der Waals surface area contributed by atoms with Crippen molar-refractivity contribution in [2.45, 2.75) is 18.7 Å². The summed E-state index contributed by atoms with van der Waals surface area (Å²) >= 11 is 0. The molecule has 0 aliphatic carbocycles. The van der Waals surface area contributed by atoms with Crippen LogP contribution >= 0.6 is 0 Å². The second kappa shape index (κ2) is 8.37. The first-order valence-electron chi connectivity index (χ1n) is 8.86. The van der Waals surface area contributed by atoms with Crippen LogP contribution in [-0.2, 0) is 19.7 Å². The Labute approximate surface area is 172 Å². The Morgan fingerprint density at radius 3 is 2.17 bits per heavy atom. The number of amides is 4. The van der Waals surface area contributed by atoms with E-state index in [0.29, 0.717) is 5.56 Å². The fourth-order valence-corrected chi connectivity index (χ4v) is 3.54. The summed E-state index contributed by atoms with van der Waals surface area (Å²) < 4.78 is 35.8. The van der Waals surface area contributed by atoms with Gasteiger partial charge >= 0.3 is 16.1 Å². The van der Waals surface area contributed by atoms with Crippen molar-refractivity contribution in [2.24, 2.45) is 0 Å². The lowest BCUT2D eigenvalue weighted by Crippen LogP contribution is -2.51. The van der Waals surface area contributed by atoms with E-state index >= 15 is 0 Å². The van der Waals surface area contributed by atoms with Gasteiger partial charge in [-0.1, -0.05) is 23.8 Å². The summed E-state index contributed by atoms with van der Waals surface area (Å²) in [6, 6.07) is 9.51. The first-order chi connectivity index (χ1) is 14.2. The van der Waals surface area contributed by atoms with Crippen LogP contribution in [0.1, 0.15) is 18.1 Å². The summed E-state index contributed by atoms with van der Waals surface area (Å²) in [5.74, 6) is -1.63. The van der Waals surface area contributed by atoms with Crippen molar-refractivity contribution in [1.29, 1.82) is 0 Å². The summed E-state index contributed by atoms with van der Waals surface area (Å²) in [5, 5.41) is 3.94. The summed E-state index contributed by atoms with van der Waals surface area (Å²) in [7, 11) is -4.10. The molecule has 1 saturated heterocycles. The number of barbiturate groups is 1. The van der Waals surface area contributed by atoms with Crippen LogP contribution in [0.5, 0.6) is 11.5 Å². The second-order valence-corrected chi connectivity index (χ2v) is 7.83. The van der Waals surface area contributed by atoms with Gasteiger partial charge in [0.1, 0.15) is 10.5 Å². The minimum atomic E-state index is -4.10. The Morgan fingerprint density at radius 2 is 1.57 bits per heavy atom. The minimum absolute atomic E-state index is 0.0121. The third-order valence-corrected chi connectivity index (χ3v) is 5.28. The van der Waals surface area contributed by atoms with Crippen LogP contribution < -0.4 is 19.6 Å². The molecule has 0 saturated carbocycles. The number of carbonyl (C=O) groups is 3. The molecule has 1 heterocycles. The number of aryl methyl sites for hydroxylation is 1. The maximum absolute atomic E-state index is 12.6. The molecule has 0 unspecified atom stereocenters. The standard InChI is InChI=1S/C20H18N2O7S/c1-3-28-17-11-13(10-15-18(23)21-20(25)22-19(15)24)6-9-16(17)29-30(26,27)14-7-4-12(2)5-8-14/h4-11H,3H2,1-2H3,(H2,21,22,23,24,25). The highest BCUT2D eigenvalue weighted by Crippen LogP contribution is 2.32. The summed E-state index contributed by atoms with van der Waals surface area (Å²) in [4.78, 5) is 34.9. The molecule has 2 aromatic carbocycles. The van der Waals surface area contributed by atoms with Gasteiger partial charge in [0, 0.05) is 0 Å². The number of nitrogens with one attached hydrogen (secondary N) is 2. The minimum Gasteiger partial charge on any atom is -0.490 e. The molecule has 3 rings (SSSR count). The van der Waals surface area contributed by atoms with Gasteiger partial charge in [0.15, 0.2) is 11.5 Å². The van der Waals surface area contributed by atoms with E-state index in [1.807, 2.05) is 17.6 Å². The number of imide groups is 2. The molecule has 1 aliphatic rings. The SMILES string of the molecule is CCOc1cc(C=C2C(=O)NC(=O)NC2=O)ccc1OS(=O)(=O)c1ccc(C)cc1. The maximum atomic E-state index is 12.6. The Morgan fingerprint density at radius 1 is 0.933 bits per heavy atom. The highest BCUT2D eigenvalue weighted by Gasteiger charge is 2.28. The predicted octanol–water partition coefficient (Wildman–Crippen LogP) is 1.91. The largest absolute Gasteiger partial charge is 0.490 e. The average molecular weight is 430 g/mol. The average Bonchev–Trinajstić information content (AvgIpc) is 2.67. The van der Waals surface area contributed by atoms with Crippen LogP contribution in [0, 0.1) is 6.92 Å². The Hall–Kier alpha value is -3.66. The molecule has 9 nitrogen and oxygen atoms in total. The van der Waals surface area contributed by atoms with Crippen LogP contribution in [0.15, 0.2) is 52.9 Å². The van der Waals surface area contributed by atoms with Crippen molar-refractivity contribution >= 4 is 34.0 Å². The van der Waals surface area contributed by atoms with Crippen LogP contribution in [0.4, 0.5) is 4.79 Å². The molecule has 156 valence electrons. The molecular formula is C20H18N2O7S. The number of rotatable bonds is 6. The molecule has 10 heteroatoms. The molecule has 0 aromatic heterocycles. The molecule has 0 radical (unpaired) electrons. The predicted molar refractivity (Wildman–Crippen MR) is 106 cm³/mol. The smallest absolute Gasteiger partial charge is 0.339 e. The van der Waals surface area contributed by atoms with Gasteiger partial charge in [0.25, 0.3) is 11.8 Å². The highest BCUT2D eigenvalue weighted by molar-refractivity contribution is 7.87. The molecule has 2 aromatic rings. The summed E-state index contributed by atoms with van der Waals surface area (Å²) in [6.07, 6.45) is 1.25. The molecule has 1 fully saturated rings. The van der Waals surface area contributed by atoms with Crippen LogP contribution in [-0.4, -0.2) is 32.9 Å². The van der Waals surface area contributed by atoms with E-state index in [1.165, 1.54) is 36.4 Å². The molecule has 0 atom stereocenters. The van der Waals surface area contributed by atoms with E-state index in [9.17, 15) is 22.8 Å². The number of hydrogen-bond acceptors (Lipinski definition) is 7.